The summed E-state index contributed by atoms with van der Waals surface area (Å²) in [6, 6.07) is 24.2. The number of ether oxygens (including phenoxy) is 1. The highest BCUT2D eigenvalue weighted by Gasteiger charge is 2.34. The molecule has 3 aromatic carbocycles. The number of rotatable bonds is 2. The molecule has 0 aromatic heterocycles. The van der Waals surface area contributed by atoms with Crippen molar-refractivity contribution in [1.82, 2.24) is 5.32 Å². The van der Waals surface area contributed by atoms with E-state index in [4.69, 9.17) is 4.74 Å². The molecule has 0 radical (unpaired) electrons. The molecule has 134 valence electrons. The summed E-state index contributed by atoms with van der Waals surface area (Å²) in [5, 5.41) is 3.33. The Kier molecular flexibility index (Phi) is 3.93. The zero-order valence-electron chi connectivity index (χ0n) is 15.0. The SMILES string of the molecule is O=C(N[C@@H]1CCCc2ccccc21)C1c2ccccc2Oc2ccccc21. The molecule has 0 fully saturated rings. The minimum Gasteiger partial charge on any atom is -0.457 e. The largest absolute Gasteiger partial charge is 0.457 e. The van der Waals surface area contributed by atoms with Crippen molar-refractivity contribution in [1.29, 1.82) is 0 Å². The lowest BCUT2D eigenvalue weighted by molar-refractivity contribution is -0.122. The number of nitrogens with one attached hydrogen (secondary N) is 1. The Morgan fingerprint density at radius 1 is 0.815 bits per heavy atom. The van der Waals surface area contributed by atoms with Gasteiger partial charge in [0.2, 0.25) is 5.91 Å². The van der Waals surface area contributed by atoms with Crippen molar-refractivity contribution in [2.45, 2.75) is 31.2 Å². The van der Waals surface area contributed by atoms with Crippen LogP contribution in [0.3, 0.4) is 0 Å². The first-order chi connectivity index (χ1) is 13.3. The fourth-order valence-corrected chi connectivity index (χ4v) is 4.35. The van der Waals surface area contributed by atoms with Crippen LogP contribution in [0.15, 0.2) is 72.8 Å². The topological polar surface area (TPSA) is 38.3 Å². The molecule has 3 nitrogen and oxygen atoms in total. The summed E-state index contributed by atoms with van der Waals surface area (Å²) < 4.78 is 6.02. The van der Waals surface area contributed by atoms with E-state index in [0.717, 1.165) is 41.9 Å². The van der Waals surface area contributed by atoms with Crippen LogP contribution in [0, 0.1) is 0 Å². The van der Waals surface area contributed by atoms with E-state index in [0.29, 0.717) is 0 Å². The van der Waals surface area contributed by atoms with Crippen LogP contribution in [0.2, 0.25) is 0 Å². The maximum Gasteiger partial charge on any atom is 0.232 e. The lowest BCUT2D eigenvalue weighted by Crippen LogP contribution is -2.36. The molecule has 27 heavy (non-hydrogen) atoms. The molecule has 0 spiro atoms. The van der Waals surface area contributed by atoms with Crippen LogP contribution in [0.1, 0.15) is 47.1 Å². The number of para-hydroxylation sites is 2. The van der Waals surface area contributed by atoms with Crippen LogP contribution in [0.5, 0.6) is 11.5 Å². The molecule has 0 unspecified atom stereocenters. The summed E-state index contributed by atoms with van der Waals surface area (Å²) in [6.45, 7) is 0. The number of carbonyl (C=O) groups excluding carboxylic acids is 1. The Bertz CT molecular complexity index is 965. The van der Waals surface area contributed by atoms with E-state index in [1.165, 1.54) is 11.1 Å². The zero-order chi connectivity index (χ0) is 18.2. The highest BCUT2D eigenvalue weighted by Crippen LogP contribution is 2.44. The van der Waals surface area contributed by atoms with Crippen molar-refractivity contribution in [2.75, 3.05) is 0 Å². The van der Waals surface area contributed by atoms with Crippen LogP contribution in [-0.2, 0) is 11.2 Å². The molecular weight excluding hydrogens is 334 g/mol. The van der Waals surface area contributed by atoms with Gasteiger partial charge < -0.3 is 10.1 Å². The van der Waals surface area contributed by atoms with Crippen LogP contribution in [-0.4, -0.2) is 5.91 Å². The summed E-state index contributed by atoms with van der Waals surface area (Å²) in [5.41, 5.74) is 4.46. The van der Waals surface area contributed by atoms with E-state index < -0.39 is 0 Å². The smallest absolute Gasteiger partial charge is 0.232 e. The van der Waals surface area contributed by atoms with Gasteiger partial charge in [-0.2, -0.15) is 0 Å². The number of benzene rings is 3. The molecule has 1 aliphatic heterocycles. The summed E-state index contributed by atoms with van der Waals surface area (Å²) in [4.78, 5) is 13.4. The van der Waals surface area contributed by atoms with E-state index in [1.54, 1.807) is 0 Å². The predicted octanol–water partition coefficient (Wildman–Crippen LogP) is 5.12. The first-order valence-electron chi connectivity index (χ1n) is 9.55. The van der Waals surface area contributed by atoms with Crippen molar-refractivity contribution >= 4 is 5.91 Å². The Morgan fingerprint density at radius 3 is 2.11 bits per heavy atom. The molecular formula is C24H21NO2. The number of carbonyl (C=O) groups is 1. The molecule has 0 saturated carbocycles. The minimum atomic E-state index is -0.347. The zero-order valence-corrected chi connectivity index (χ0v) is 15.0. The molecule has 0 saturated heterocycles. The highest BCUT2D eigenvalue weighted by atomic mass is 16.5. The van der Waals surface area contributed by atoms with Gasteiger partial charge >= 0.3 is 0 Å². The van der Waals surface area contributed by atoms with Crippen molar-refractivity contribution in [2.24, 2.45) is 0 Å². The van der Waals surface area contributed by atoms with Crippen molar-refractivity contribution in [3.05, 3.63) is 95.1 Å². The molecule has 0 bridgehead atoms. The quantitative estimate of drug-likeness (QED) is 0.693. The van der Waals surface area contributed by atoms with Gasteiger partial charge in [-0.1, -0.05) is 60.7 Å². The van der Waals surface area contributed by atoms with Gasteiger partial charge in [0.05, 0.1) is 12.0 Å². The first-order valence-corrected chi connectivity index (χ1v) is 9.55. The fraction of sp³-hybridized carbons (Fsp3) is 0.208. The van der Waals surface area contributed by atoms with Crippen molar-refractivity contribution < 1.29 is 9.53 Å². The molecule has 3 heteroatoms. The normalized spacial score (nSPS) is 17.9. The molecule has 1 heterocycles. The summed E-state index contributed by atoms with van der Waals surface area (Å²) in [6.07, 6.45) is 3.17. The number of aryl methyl sites for hydroxylation is 1. The van der Waals surface area contributed by atoms with Crippen LogP contribution >= 0.6 is 0 Å². The third kappa shape index (κ3) is 2.80. The van der Waals surface area contributed by atoms with Gasteiger partial charge in [-0.15, -0.1) is 0 Å². The summed E-state index contributed by atoms with van der Waals surface area (Å²) in [5.74, 6) is 1.22. The van der Waals surface area contributed by atoms with Gasteiger partial charge in [-0.25, -0.2) is 0 Å². The predicted molar refractivity (Wildman–Crippen MR) is 105 cm³/mol. The van der Waals surface area contributed by atoms with Crippen molar-refractivity contribution in [3.8, 4) is 11.5 Å². The van der Waals surface area contributed by atoms with E-state index in [-0.39, 0.29) is 17.9 Å². The Morgan fingerprint density at radius 2 is 1.41 bits per heavy atom. The highest BCUT2D eigenvalue weighted by molar-refractivity contribution is 5.90. The second-order valence-corrected chi connectivity index (χ2v) is 7.26. The Balaban J connectivity index is 1.51. The van der Waals surface area contributed by atoms with Gasteiger partial charge in [0, 0.05) is 11.1 Å². The van der Waals surface area contributed by atoms with Crippen molar-refractivity contribution in [3.63, 3.8) is 0 Å². The van der Waals surface area contributed by atoms with E-state index in [1.807, 2.05) is 48.5 Å². The maximum atomic E-state index is 13.4. The average Bonchev–Trinajstić information content (AvgIpc) is 2.72. The molecule has 2 aliphatic rings. The van der Waals surface area contributed by atoms with Gasteiger partial charge in [-0.05, 0) is 42.5 Å². The van der Waals surface area contributed by atoms with Gasteiger partial charge in [0.15, 0.2) is 0 Å². The molecule has 5 rings (SSSR count). The maximum absolute atomic E-state index is 13.4. The number of fused-ring (bicyclic) bond motifs is 3. The summed E-state index contributed by atoms with van der Waals surface area (Å²) in [7, 11) is 0. The summed E-state index contributed by atoms with van der Waals surface area (Å²) >= 11 is 0. The lowest BCUT2D eigenvalue weighted by Gasteiger charge is -2.31. The molecule has 1 N–H and O–H groups in total. The minimum absolute atomic E-state index is 0.0416. The third-order valence-corrected chi connectivity index (χ3v) is 5.63. The third-order valence-electron chi connectivity index (χ3n) is 5.63. The molecule has 1 aliphatic carbocycles. The van der Waals surface area contributed by atoms with Gasteiger partial charge in [-0.3, -0.25) is 4.79 Å². The Labute approximate surface area is 159 Å². The van der Waals surface area contributed by atoms with Crippen LogP contribution < -0.4 is 10.1 Å². The van der Waals surface area contributed by atoms with E-state index in [2.05, 4.69) is 29.6 Å². The van der Waals surface area contributed by atoms with E-state index in [9.17, 15) is 4.79 Å². The lowest BCUT2D eigenvalue weighted by atomic mass is 9.85. The fourth-order valence-electron chi connectivity index (χ4n) is 4.35. The standard InChI is InChI=1S/C24H21NO2/c26-24(25-20-13-7-9-16-8-1-2-10-17(16)20)23-18-11-3-5-14-21(18)27-22-15-6-4-12-19(22)23/h1-6,8,10-12,14-15,20,23H,7,9,13H2,(H,25,26)/t20-/m1/s1. The van der Waals surface area contributed by atoms with Crippen LogP contribution in [0.25, 0.3) is 0 Å². The Hall–Kier alpha value is -3.07. The molecule has 1 atom stereocenters. The number of hydrogen-bond acceptors (Lipinski definition) is 2. The van der Waals surface area contributed by atoms with Gasteiger partial charge in [0.25, 0.3) is 0 Å². The number of hydrogen-bond donors (Lipinski definition) is 1. The average molecular weight is 355 g/mol. The second kappa shape index (κ2) is 6.58. The monoisotopic (exact) mass is 355 g/mol. The van der Waals surface area contributed by atoms with E-state index >= 15 is 0 Å². The second-order valence-electron chi connectivity index (χ2n) is 7.26. The first kappa shape index (κ1) is 16.1. The molecule has 3 aromatic rings. The van der Waals surface area contributed by atoms with Gasteiger partial charge in [0.1, 0.15) is 11.5 Å². The van der Waals surface area contributed by atoms with Crippen LogP contribution in [0.4, 0.5) is 0 Å². The molecule has 1 amide bonds. The number of amides is 1.